The van der Waals surface area contributed by atoms with Crippen LogP contribution in [0.15, 0.2) is 60.9 Å². The maximum atomic E-state index is 12.5. The van der Waals surface area contributed by atoms with Gasteiger partial charge in [-0.1, -0.05) is 48.5 Å². The van der Waals surface area contributed by atoms with Crippen molar-refractivity contribution >= 4 is 12.1 Å². The molecule has 2 aromatic carbocycles. The van der Waals surface area contributed by atoms with E-state index >= 15 is 0 Å². The summed E-state index contributed by atoms with van der Waals surface area (Å²) < 4.78 is 7.35. The van der Waals surface area contributed by atoms with Gasteiger partial charge in [-0.15, -0.1) is 0 Å². The topological polar surface area (TPSA) is 93.5 Å². The number of aromatic nitrogens is 2. The molecule has 1 amide bonds. The van der Waals surface area contributed by atoms with Crippen molar-refractivity contribution in [2.24, 2.45) is 0 Å². The molecule has 0 saturated heterocycles. The molecule has 1 aromatic heterocycles. The lowest BCUT2D eigenvalue weighted by Gasteiger charge is -2.19. The summed E-state index contributed by atoms with van der Waals surface area (Å²) in [5.41, 5.74) is 4.54. The molecule has 154 valence electrons. The third-order valence-electron chi connectivity index (χ3n) is 5.41. The summed E-state index contributed by atoms with van der Waals surface area (Å²) in [4.78, 5) is 28.1. The fraction of sp³-hybridized carbons (Fsp3) is 0.261. The molecule has 0 radical (unpaired) electrons. The van der Waals surface area contributed by atoms with E-state index in [2.05, 4.69) is 22.4 Å². The van der Waals surface area contributed by atoms with E-state index in [0.29, 0.717) is 12.4 Å². The number of aryl methyl sites for hydroxylation is 1. The van der Waals surface area contributed by atoms with E-state index < -0.39 is 18.1 Å². The molecule has 1 atom stereocenters. The van der Waals surface area contributed by atoms with E-state index in [0.717, 1.165) is 22.3 Å². The number of imidazole rings is 1. The fourth-order valence-corrected chi connectivity index (χ4v) is 4.06. The van der Waals surface area contributed by atoms with Crippen LogP contribution < -0.4 is 5.32 Å². The van der Waals surface area contributed by atoms with Crippen LogP contribution in [0.1, 0.15) is 42.3 Å². The first-order valence-corrected chi connectivity index (χ1v) is 9.92. The fourth-order valence-electron chi connectivity index (χ4n) is 4.06. The van der Waals surface area contributed by atoms with Gasteiger partial charge >= 0.3 is 12.1 Å². The minimum absolute atomic E-state index is 0.0568. The Hall–Kier alpha value is -3.61. The number of carboxylic acid groups (broad SMARTS) is 1. The van der Waals surface area contributed by atoms with Gasteiger partial charge in [-0.3, -0.25) is 4.79 Å². The second-order valence-electron chi connectivity index (χ2n) is 7.19. The highest BCUT2D eigenvalue weighted by Crippen LogP contribution is 2.44. The van der Waals surface area contributed by atoms with Gasteiger partial charge in [0.25, 0.3) is 0 Å². The molecule has 1 unspecified atom stereocenters. The van der Waals surface area contributed by atoms with Crippen LogP contribution in [0.3, 0.4) is 0 Å². The van der Waals surface area contributed by atoms with Crippen LogP contribution in [0.2, 0.25) is 0 Å². The SMILES string of the molecule is CCn1ccnc1C(CC(=O)O)NC(=O)OCC1c2ccccc2-c2ccccc21. The number of rotatable bonds is 7. The average Bonchev–Trinajstić information content (AvgIpc) is 3.34. The van der Waals surface area contributed by atoms with Crippen LogP contribution in [0.4, 0.5) is 4.79 Å². The summed E-state index contributed by atoms with van der Waals surface area (Å²) in [6.45, 7) is 2.72. The van der Waals surface area contributed by atoms with Crippen molar-refractivity contribution < 1.29 is 19.4 Å². The number of carboxylic acids is 1. The molecule has 3 aromatic rings. The largest absolute Gasteiger partial charge is 0.481 e. The smallest absolute Gasteiger partial charge is 0.407 e. The molecule has 0 fully saturated rings. The van der Waals surface area contributed by atoms with Gasteiger partial charge < -0.3 is 19.7 Å². The molecule has 0 bridgehead atoms. The number of alkyl carbamates (subject to hydrolysis) is 1. The number of amides is 1. The van der Waals surface area contributed by atoms with Crippen LogP contribution >= 0.6 is 0 Å². The summed E-state index contributed by atoms with van der Waals surface area (Å²) in [5.74, 6) is -0.586. The number of nitrogens with zero attached hydrogens (tertiary/aromatic N) is 2. The Labute approximate surface area is 174 Å². The molecular weight excluding hydrogens is 382 g/mol. The number of fused-ring (bicyclic) bond motifs is 3. The Kier molecular flexibility index (Phi) is 5.52. The molecule has 0 spiro atoms. The summed E-state index contributed by atoms with van der Waals surface area (Å²) in [7, 11) is 0. The first-order valence-electron chi connectivity index (χ1n) is 9.92. The minimum Gasteiger partial charge on any atom is -0.481 e. The van der Waals surface area contributed by atoms with Gasteiger partial charge in [0.2, 0.25) is 0 Å². The van der Waals surface area contributed by atoms with Crippen molar-refractivity contribution in [1.29, 1.82) is 0 Å². The Morgan fingerprint density at radius 1 is 1.13 bits per heavy atom. The highest BCUT2D eigenvalue weighted by Gasteiger charge is 2.30. The summed E-state index contributed by atoms with van der Waals surface area (Å²) in [5, 5.41) is 11.9. The molecule has 2 N–H and O–H groups in total. The third-order valence-corrected chi connectivity index (χ3v) is 5.41. The number of benzene rings is 2. The Bertz CT molecular complexity index is 1030. The molecule has 7 heteroatoms. The summed E-state index contributed by atoms with van der Waals surface area (Å²) in [6, 6.07) is 15.4. The maximum Gasteiger partial charge on any atom is 0.407 e. The van der Waals surface area contributed by atoms with E-state index in [1.807, 2.05) is 43.3 Å². The molecule has 0 aliphatic heterocycles. The Morgan fingerprint density at radius 2 is 1.77 bits per heavy atom. The van der Waals surface area contributed by atoms with Crippen LogP contribution in [0, 0.1) is 0 Å². The number of ether oxygens (including phenoxy) is 1. The van der Waals surface area contributed by atoms with Crippen LogP contribution in [0.25, 0.3) is 11.1 Å². The van der Waals surface area contributed by atoms with Crippen molar-refractivity contribution in [3.05, 3.63) is 77.9 Å². The zero-order chi connectivity index (χ0) is 21.1. The van der Waals surface area contributed by atoms with Crippen LogP contribution in [0.5, 0.6) is 0 Å². The third kappa shape index (κ3) is 3.78. The van der Waals surface area contributed by atoms with Gasteiger partial charge in [0.05, 0.1) is 6.42 Å². The van der Waals surface area contributed by atoms with Crippen LogP contribution in [-0.4, -0.2) is 33.3 Å². The zero-order valence-electron chi connectivity index (χ0n) is 16.6. The van der Waals surface area contributed by atoms with E-state index in [1.165, 1.54) is 0 Å². The monoisotopic (exact) mass is 405 g/mol. The molecule has 30 heavy (non-hydrogen) atoms. The van der Waals surface area contributed by atoms with Crippen molar-refractivity contribution in [1.82, 2.24) is 14.9 Å². The highest BCUT2D eigenvalue weighted by atomic mass is 16.5. The number of carbonyl (C=O) groups is 2. The number of hydrogen-bond acceptors (Lipinski definition) is 4. The predicted molar refractivity (Wildman–Crippen MR) is 111 cm³/mol. The normalized spacial score (nSPS) is 13.4. The molecule has 7 nitrogen and oxygen atoms in total. The van der Waals surface area contributed by atoms with E-state index in [9.17, 15) is 14.7 Å². The number of aliphatic carboxylic acids is 1. The number of hydrogen-bond donors (Lipinski definition) is 2. The number of carbonyl (C=O) groups excluding carboxylic acids is 1. The van der Waals surface area contributed by atoms with E-state index in [1.54, 1.807) is 17.0 Å². The Morgan fingerprint density at radius 3 is 2.37 bits per heavy atom. The lowest BCUT2D eigenvalue weighted by molar-refractivity contribution is -0.137. The van der Waals surface area contributed by atoms with Crippen molar-refractivity contribution in [3.8, 4) is 11.1 Å². The van der Waals surface area contributed by atoms with Crippen molar-refractivity contribution in [2.75, 3.05) is 6.61 Å². The predicted octanol–water partition coefficient (Wildman–Crippen LogP) is 3.96. The molecule has 1 aliphatic rings. The first kappa shape index (κ1) is 19.7. The quantitative estimate of drug-likeness (QED) is 0.621. The van der Waals surface area contributed by atoms with Crippen LogP contribution in [-0.2, 0) is 16.1 Å². The van der Waals surface area contributed by atoms with Crippen molar-refractivity contribution in [3.63, 3.8) is 0 Å². The second-order valence-corrected chi connectivity index (χ2v) is 7.19. The molecule has 1 aliphatic carbocycles. The minimum atomic E-state index is -1.02. The van der Waals surface area contributed by atoms with Crippen molar-refractivity contribution in [2.45, 2.75) is 31.8 Å². The lowest BCUT2D eigenvalue weighted by Crippen LogP contribution is -2.33. The van der Waals surface area contributed by atoms with Gasteiger partial charge in [0.1, 0.15) is 18.5 Å². The molecule has 1 heterocycles. The standard InChI is InChI=1S/C23H23N3O4/c1-2-26-12-11-24-22(26)20(13-21(27)28)25-23(29)30-14-19-17-9-5-3-7-15(17)16-8-4-6-10-18(16)19/h3-12,19-20H,2,13-14H2,1H3,(H,25,29)(H,27,28). The highest BCUT2D eigenvalue weighted by molar-refractivity contribution is 5.79. The molecule has 0 saturated carbocycles. The van der Waals surface area contributed by atoms with Gasteiger partial charge in [0, 0.05) is 24.9 Å². The van der Waals surface area contributed by atoms with Gasteiger partial charge in [-0.25, -0.2) is 9.78 Å². The zero-order valence-corrected chi connectivity index (χ0v) is 16.6. The molecular formula is C23H23N3O4. The summed E-state index contributed by atoms with van der Waals surface area (Å²) in [6.07, 6.45) is 2.41. The lowest BCUT2D eigenvalue weighted by atomic mass is 9.98. The van der Waals surface area contributed by atoms with E-state index in [4.69, 9.17) is 4.74 Å². The first-order chi connectivity index (χ1) is 14.6. The number of nitrogens with one attached hydrogen (secondary N) is 1. The van der Waals surface area contributed by atoms with Gasteiger partial charge in [-0.2, -0.15) is 0 Å². The average molecular weight is 405 g/mol. The maximum absolute atomic E-state index is 12.5. The van der Waals surface area contributed by atoms with E-state index in [-0.39, 0.29) is 18.9 Å². The summed E-state index contributed by atoms with van der Waals surface area (Å²) >= 11 is 0. The van der Waals surface area contributed by atoms with Gasteiger partial charge in [0.15, 0.2) is 0 Å². The second kappa shape index (κ2) is 8.41. The Balaban J connectivity index is 1.48. The van der Waals surface area contributed by atoms with Gasteiger partial charge in [-0.05, 0) is 29.2 Å². The molecule has 4 rings (SSSR count).